The molecule has 1 aromatic heterocycles. The van der Waals surface area contributed by atoms with E-state index in [4.69, 9.17) is 0 Å². The van der Waals surface area contributed by atoms with Gasteiger partial charge in [-0.05, 0) is 36.6 Å². The number of rotatable bonds is 5. The first-order chi connectivity index (χ1) is 13.1. The predicted molar refractivity (Wildman–Crippen MR) is 94.3 cm³/mol. The fourth-order valence-electron chi connectivity index (χ4n) is 2.61. The predicted octanol–water partition coefficient (Wildman–Crippen LogP) is 4.03. The van der Waals surface area contributed by atoms with Crippen LogP contribution in [0.2, 0.25) is 0 Å². The van der Waals surface area contributed by atoms with Gasteiger partial charge in [-0.2, -0.15) is 22.0 Å². The number of aryl methyl sites for hydroxylation is 2. The molecule has 0 spiro atoms. The highest BCUT2D eigenvalue weighted by Crippen LogP contribution is 2.44. The van der Waals surface area contributed by atoms with E-state index in [0.717, 1.165) is 12.1 Å². The van der Waals surface area contributed by atoms with E-state index >= 15 is 0 Å². The second kappa shape index (κ2) is 8.45. The smallest absolute Gasteiger partial charge is 0.311 e. The molecule has 1 N–H and O–H groups in total. The van der Waals surface area contributed by atoms with E-state index in [1.54, 1.807) is 24.4 Å². The highest BCUT2D eigenvalue weighted by Gasteiger charge is 2.58. The van der Waals surface area contributed by atoms with Gasteiger partial charge in [-0.15, -0.1) is 0 Å². The number of halogens is 5. The molecule has 0 atom stereocenters. The lowest BCUT2D eigenvalue weighted by Gasteiger charge is -2.22. The van der Waals surface area contributed by atoms with Gasteiger partial charge in [-0.3, -0.25) is 14.8 Å². The monoisotopic (exact) mass is 399 g/mol. The third-order valence-corrected chi connectivity index (χ3v) is 3.97. The number of amides is 1. The summed E-state index contributed by atoms with van der Waals surface area (Å²) in [5.74, 6) is -5.35. The van der Waals surface area contributed by atoms with Crippen molar-refractivity contribution in [1.29, 1.82) is 0 Å². The summed E-state index contributed by atoms with van der Waals surface area (Å²) >= 11 is 0. The quantitative estimate of drug-likeness (QED) is 0.469. The van der Waals surface area contributed by atoms with E-state index in [1.165, 1.54) is 14.0 Å². The van der Waals surface area contributed by atoms with E-state index in [9.17, 15) is 26.7 Å². The number of aliphatic imine (C=N–C) groups is 1. The molecule has 0 aliphatic carbocycles. The minimum absolute atomic E-state index is 0.0883. The maximum Gasteiger partial charge on any atom is 0.458 e. The molecule has 1 heterocycles. The van der Waals surface area contributed by atoms with Gasteiger partial charge in [0, 0.05) is 37.0 Å². The molecule has 0 bridgehead atoms. The van der Waals surface area contributed by atoms with Crippen molar-refractivity contribution in [3.8, 4) is 0 Å². The van der Waals surface area contributed by atoms with Gasteiger partial charge in [-0.25, -0.2) is 0 Å². The van der Waals surface area contributed by atoms with Crippen molar-refractivity contribution >= 4 is 11.7 Å². The molecule has 0 saturated carbocycles. The fraction of sp³-hybridized carbons (Fsp3) is 0.316. The Morgan fingerprint density at radius 3 is 2.36 bits per heavy atom. The summed E-state index contributed by atoms with van der Waals surface area (Å²) in [5.41, 5.74) is -0.0502. The highest BCUT2D eigenvalue weighted by atomic mass is 19.4. The van der Waals surface area contributed by atoms with Crippen LogP contribution in [0.4, 0.5) is 22.0 Å². The number of aromatic nitrogens is 1. The third kappa shape index (κ3) is 4.90. The lowest BCUT2D eigenvalue weighted by Crippen LogP contribution is -2.34. The van der Waals surface area contributed by atoms with Crippen LogP contribution in [0, 0.1) is 0 Å². The molecule has 9 heteroatoms. The van der Waals surface area contributed by atoms with E-state index in [2.05, 4.69) is 15.3 Å². The summed E-state index contributed by atoms with van der Waals surface area (Å²) in [7, 11) is 1.38. The largest absolute Gasteiger partial charge is 0.458 e. The second-order valence-electron chi connectivity index (χ2n) is 6.02. The van der Waals surface area contributed by atoms with Crippen LogP contribution >= 0.6 is 0 Å². The lowest BCUT2D eigenvalue weighted by molar-refractivity contribution is -0.289. The number of nitrogens with zero attached hydrogens (tertiary/aromatic N) is 2. The van der Waals surface area contributed by atoms with Crippen molar-refractivity contribution in [1.82, 2.24) is 10.3 Å². The number of hydrogen-bond donors (Lipinski definition) is 1. The zero-order valence-electron chi connectivity index (χ0n) is 15.1. The standard InChI is InChI=1S/C19H18F5N3O/c1-12(28)27-17(25-2)16-9-7-14(18(20,21)19(22,23)24)11-13(16)6-8-15-5-3-4-10-26-15/h3-5,7,9-11H,6,8H2,1-2H3,(H,25,27,28). The number of carbonyl (C=O) groups excluding carboxylic acids is 1. The van der Waals surface area contributed by atoms with Gasteiger partial charge >= 0.3 is 12.1 Å². The number of pyridine rings is 1. The summed E-state index contributed by atoms with van der Waals surface area (Å²) < 4.78 is 65.9. The van der Waals surface area contributed by atoms with E-state index in [-0.39, 0.29) is 23.4 Å². The number of carbonyl (C=O) groups is 1. The van der Waals surface area contributed by atoms with Crippen LogP contribution in [-0.2, 0) is 23.6 Å². The SMILES string of the molecule is CN=C(NC(C)=O)c1ccc(C(F)(F)C(F)(F)F)cc1CCc1ccccn1. The first-order valence-corrected chi connectivity index (χ1v) is 8.29. The molecule has 0 fully saturated rings. The van der Waals surface area contributed by atoms with Crippen molar-refractivity contribution in [2.24, 2.45) is 4.99 Å². The van der Waals surface area contributed by atoms with Gasteiger partial charge in [0.25, 0.3) is 0 Å². The van der Waals surface area contributed by atoms with Crippen LogP contribution in [0.3, 0.4) is 0 Å². The number of amidine groups is 1. The Morgan fingerprint density at radius 2 is 1.82 bits per heavy atom. The number of hydrogen-bond acceptors (Lipinski definition) is 3. The average molecular weight is 399 g/mol. The Hall–Kier alpha value is -2.84. The Bertz CT molecular complexity index is 864. The number of benzene rings is 1. The van der Waals surface area contributed by atoms with Crippen molar-refractivity contribution in [3.05, 3.63) is 65.0 Å². The van der Waals surface area contributed by atoms with Crippen LogP contribution in [0.1, 0.15) is 29.3 Å². The second-order valence-corrected chi connectivity index (χ2v) is 6.02. The Labute approximate surface area is 158 Å². The van der Waals surface area contributed by atoms with Crippen LogP contribution in [0.25, 0.3) is 0 Å². The molecule has 0 aliphatic rings. The topological polar surface area (TPSA) is 54.4 Å². The molecule has 150 valence electrons. The van der Waals surface area contributed by atoms with Gasteiger partial charge in [0.2, 0.25) is 5.91 Å². The first-order valence-electron chi connectivity index (χ1n) is 8.29. The minimum atomic E-state index is -5.72. The Morgan fingerprint density at radius 1 is 1.11 bits per heavy atom. The van der Waals surface area contributed by atoms with Crippen molar-refractivity contribution in [3.63, 3.8) is 0 Å². The molecular weight excluding hydrogens is 381 g/mol. The van der Waals surface area contributed by atoms with Crippen molar-refractivity contribution in [2.75, 3.05) is 7.05 Å². The molecular formula is C19H18F5N3O. The molecule has 28 heavy (non-hydrogen) atoms. The molecule has 1 aromatic carbocycles. The summed E-state index contributed by atoms with van der Waals surface area (Å²) in [6.45, 7) is 1.24. The van der Waals surface area contributed by atoms with Gasteiger partial charge in [0.1, 0.15) is 5.84 Å². The van der Waals surface area contributed by atoms with Gasteiger partial charge in [-0.1, -0.05) is 18.2 Å². The van der Waals surface area contributed by atoms with E-state index in [1.807, 2.05) is 0 Å². The maximum absolute atomic E-state index is 13.8. The van der Waals surface area contributed by atoms with E-state index < -0.39 is 23.6 Å². The lowest BCUT2D eigenvalue weighted by atomic mass is 9.95. The first kappa shape index (κ1) is 21.5. The van der Waals surface area contributed by atoms with Crippen LogP contribution in [0.5, 0.6) is 0 Å². The molecule has 0 aliphatic heterocycles. The van der Waals surface area contributed by atoms with Gasteiger partial charge < -0.3 is 5.32 Å². The zero-order valence-corrected chi connectivity index (χ0v) is 15.1. The summed E-state index contributed by atoms with van der Waals surface area (Å²) in [4.78, 5) is 19.4. The van der Waals surface area contributed by atoms with Crippen LogP contribution in [-0.4, -0.2) is 30.0 Å². The summed E-state index contributed by atoms with van der Waals surface area (Å²) in [6.07, 6.45) is -3.72. The number of nitrogens with one attached hydrogen (secondary N) is 1. The van der Waals surface area contributed by atoms with Crippen molar-refractivity contribution in [2.45, 2.75) is 31.9 Å². The van der Waals surface area contributed by atoms with Gasteiger partial charge in [0.15, 0.2) is 0 Å². The zero-order chi connectivity index (χ0) is 20.9. The molecule has 4 nitrogen and oxygen atoms in total. The average Bonchev–Trinajstić information content (AvgIpc) is 2.64. The van der Waals surface area contributed by atoms with Crippen molar-refractivity contribution < 1.29 is 26.7 Å². The molecule has 0 unspecified atom stereocenters. The van der Waals surface area contributed by atoms with Gasteiger partial charge in [0.05, 0.1) is 0 Å². The Balaban J connectivity index is 2.48. The molecule has 1 amide bonds. The Kier molecular flexibility index (Phi) is 6.48. The number of alkyl halides is 5. The summed E-state index contributed by atoms with van der Waals surface area (Å²) in [5, 5.41) is 2.46. The van der Waals surface area contributed by atoms with Crippen LogP contribution < -0.4 is 5.32 Å². The minimum Gasteiger partial charge on any atom is -0.311 e. The van der Waals surface area contributed by atoms with Crippen LogP contribution in [0.15, 0.2) is 47.6 Å². The molecule has 2 aromatic rings. The summed E-state index contributed by atoms with van der Waals surface area (Å²) in [6, 6.07) is 7.78. The fourth-order valence-corrected chi connectivity index (χ4v) is 2.61. The molecule has 0 radical (unpaired) electrons. The molecule has 0 saturated heterocycles. The third-order valence-electron chi connectivity index (χ3n) is 3.97. The van der Waals surface area contributed by atoms with E-state index in [0.29, 0.717) is 18.2 Å². The molecule has 2 rings (SSSR count). The normalized spacial score (nSPS) is 12.8. The highest BCUT2D eigenvalue weighted by molar-refractivity contribution is 6.08. The maximum atomic E-state index is 13.8.